The molecule has 8 heteroatoms. The SMILES string of the molecule is CC(NC(=O)c1ccncc1)c1ccc(S(N)(=O)=O)s1. The van der Waals surface area contributed by atoms with Gasteiger partial charge in [0, 0.05) is 22.8 Å². The normalized spacial score (nSPS) is 12.9. The van der Waals surface area contributed by atoms with Crippen molar-refractivity contribution in [2.45, 2.75) is 17.2 Å². The van der Waals surface area contributed by atoms with Gasteiger partial charge in [0.2, 0.25) is 10.0 Å². The average Bonchev–Trinajstić information content (AvgIpc) is 2.89. The van der Waals surface area contributed by atoms with Crippen LogP contribution in [0, 0.1) is 0 Å². The molecule has 20 heavy (non-hydrogen) atoms. The molecule has 6 nitrogen and oxygen atoms in total. The lowest BCUT2D eigenvalue weighted by molar-refractivity contribution is 0.0940. The summed E-state index contributed by atoms with van der Waals surface area (Å²) in [5, 5.41) is 7.84. The monoisotopic (exact) mass is 311 g/mol. The summed E-state index contributed by atoms with van der Waals surface area (Å²) < 4.78 is 22.5. The zero-order valence-corrected chi connectivity index (χ0v) is 12.2. The van der Waals surface area contributed by atoms with Crippen LogP contribution in [0.5, 0.6) is 0 Å². The first-order valence-electron chi connectivity index (χ1n) is 5.71. The summed E-state index contributed by atoms with van der Waals surface area (Å²) in [6.45, 7) is 1.78. The molecular formula is C12H13N3O3S2. The van der Waals surface area contributed by atoms with Gasteiger partial charge in [-0.3, -0.25) is 9.78 Å². The second-order valence-electron chi connectivity index (χ2n) is 4.13. The van der Waals surface area contributed by atoms with Crippen molar-refractivity contribution in [3.63, 3.8) is 0 Å². The van der Waals surface area contributed by atoms with Gasteiger partial charge in [0.1, 0.15) is 4.21 Å². The van der Waals surface area contributed by atoms with E-state index in [4.69, 9.17) is 5.14 Å². The largest absolute Gasteiger partial charge is 0.345 e. The van der Waals surface area contributed by atoms with Crippen molar-refractivity contribution in [3.8, 4) is 0 Å². The molecule has 2 aromatic heterocycles. The van der Waals surface area contributed by atoms with E-state index in [1.54, 1.807) is 25.1 Å². The zero-order chi connectivity index (χ0) is 14.8. The van der Waals surface area contributed by atoms with E-state index in [-0.39, 0.29) is 16.2 Å². The number of nitrogens with two attached hydrogens (primary N) is 1. The number of nitrogens with zero attached hydrogens (tertiary/aromatic N) is 1. The van der Waals surface area contributed by atoms with Crippen LogP contribution < -0.4 is 10.5 Å². The Balaban J connectivity index is 2.11. The fourth-order valence-corrected chi connectivity index (χ4v) is 3.33. The Morgan fingerprint density at radius 3 is 2.50 bits per heavy atom. The molecule has 2 rings (SSSR count). The number of amides is 1. The van der Waals surface area contributed by atoms with Gasteiger partial charge in [-0.25, -0.2) is 13.6 Å². The summed E-state index contributed by atoms with van der Waals surface area (Å²) in [7, 11) is -3.70. The highest BCUT2D eigenvalue weighted by Crippen LogP contribution is 2.25. The van der Waals surface area contributed by atoms with E-state index in [1.165, 1.54) is 18.5 Å². The molecule has 0 aliphatic rings. The van der Waals surface area contributed by atoms with Crippen LogP contribution in [0.15, 0.2) is 40.9 Å². The van der Waals surface area contributed by atoms with Gasteiger partial charge in [-0.1, -0.05) is 0 Å². The number of pyridine rings is 1. The highest BCUT2D eigenvalue weighted by atomic mass is 32.2. The number of sulfonamides is 1. The molecule has 106 valence electrons. The van der Waals surface area contributed by atoms with E-state index < -0.39 is 10.0 Å². The first kappa shape index (κ1) is 14.6. The Kier molecular flexibility index (Phi) is 4.17. The van der Waals surface area contributed by atoms with Gasteiger partial charge in [0.15, 0.2) is 0 Å². The van der Waals surface area contributed by atoms with Crippen molar-refractivity contribution in [1.82, 2.24) is 10.3 Å². The molecule has 0 aromatic carbocycles. The highest BCUT2D eigenvalue weighted by molar-refractivity contribution is 7.91. The second-order valence-corrected chi connectivity index (χ2v) is 7.04. The van der Waals surface area contributed by atoms with Crippen LogP contribution in [0.3, 0.4) is 0 Å². The van der Waals surface area contributed by atoms with Gasteiger partial charge in [-0.15, -0.1) is 11.3 Å². The van der Waals surface area contributed by atoms with Crippen LogP contribution >= 0.6 is 11.3 Å². The Morgan fingerprint density at radius 1 is 1.30 bits per heavy atom. The number of carbonyl (C=O) groups excluding carboxylic acids is 1. The number of thiophene rings is 1. The molecule has 3 N–H and O–H groups in total. The molecule has 0 radical (unpaired) electrons. The Morgan fingerprint density at radius 2 is 1.95 bits per heavy atom. The first-order chi connectivity index (χ1) is 9.38. The van der Waals surface area contributed by atoms with E-state index in [0.717, 1.165) is 16.2 Å². The van der Waals surface area contributed by atoms with Crippen LogP contribution in [0.25, 0.3) is 0 Å². The van der Waals surface area contributed by atoms with Gasteiger partial charge < -0.3 is 5.32 Å². The predicted molar refractivity (Wildman–Crippen MR) is 75.8 cm³/mol. The minimum atomic E-state index is -3.70. The van der Waals surface area contributed by atoms with E-state index in [0.29, 0.717) is 5.56 Å². The third kappa shape index (κ3) is 3.41. The molecule has 0 saturated carbocycles. The summed E-state index contributed by atoms with van der Waals surface area (Å²) in [6, 6.07) is 5.97. The summed E-state index contributed by atoms with van der Waals surface area (Å²) in [4.78, 5) is 16.5. The van der Waals surface area contributed by atoms with Crippen molar-refractivity contribution in [1.29, 1.82) is 0 Å². The van der Waals surface area contributed by atoms with Crippen molar-refractivity contribution >= 4 is 27.3 Å². The highest BCUT2D eigenvalue weighted by Gasteiger charge is 2.16. The molecular weight excluding hydrogens is 298 g/mol. The molecule has 1 atom stereocenters. The number of aromatic nitrogens is 1. The second kappa shape index (κ2) is 5.70. The van der Waals surface area contributed by atoms with Crippen molar-refractivity contribution in [2.75, 3.05) is 0 Å². The Bertz CT molecular complexity index is 711. The lowest BCUT2D eigenvalue weighted by atomic mass is 10.2. The fraction of sp³-hybridized carbons (Fsp3) is 0.167. The quantitative estimate of drug-likeness (QED) is 0.888. The smallest absolute Gasteiger partial charge is 0.251 e. The first-order valence-corrected chi connectivity index (χ1v) is 8.07. The lowest BCUT2D eigenvalue weighted by Gasteiger charge is -2.11. The van der Waals surface area contributed by atoms with Gasteiger partial charge >= 0.3 is 0 Å². The number of carbonyl (C=O) groups is 1. The third-order valence-electron chi connectivity index (χ3n) is 2.60. The molecule has 1 unspecified atom stereocenters. The molecule has 2 aromatic rings. The Hall–Kier alpha value is -1.77. The average molecular weight is 311 g/mol. The number of nitrogens with one attached hydrogen (secondary N) is 1. The maximum atomic E-state index is 12.0. The summed E-state index contributed by atoms with van der Waals surface area (Å²) in [5.74, 6) is -0.245. The summed E-state index contributed by atoms with van der Waals surface area (Å²) in [5.41, 5.74) is 0.495. The predicted octanol–water partition coefficient (Wildman–Crippen LogP) is 1.28. The van der Waals surface area contributed by atoms with Crippen LogP contribution in [-0.4, -0.2) is 19.3 Å². The topological polar surface area (TPSA) is 102 Å². The molecule has 0 aliphatic heterocycles. The third-order valence-corrected chi connectivity index (χ3v) is 5.31. The van der Waals surface area contributed by atoms with Crippen LogP contribution in [-0.2, 0) is 10.0 Å². The van der Waals surface area contributed by atoms with Gasteiger partial charge in [0.05, 0.1) is 6.04 Å². The molecule has 0 spiro atoms. The number of hydrogen-bond acceptors (Lipinski definition) is 5. The van der Waals surface area contributed by atoms with Crippen LogP contribution in [0.2, 0.25) is 0 Å². The number of primary sulfonamides is 1. The maximum absolute atomic E-state index is 12.0. The van der Waals surface area contributed by atoms with Crippen molar-refractivity contribution < 1.29 is 13.2 Å². The van der Waals surface area contributed by atoms with Crippen molar-refractivity contribution in [3.05, 3.63) is 47.1 Å². The van der Waals surface area contributed by atoms with E-state index in [2.05, 4.69) is 10.3 Å². The summed E-state index contributed by atoms with van der Waals surface area (Å²) >= 11 is 1.05. The fourth-order valence-electron chi connectivity index (χ4n) is 1.57. The molecule has 0 saturated heterocycles. The van der Waals surface area contributed by atoms with E-state index in [9.17, 15) is 13.2 Å². The molecule has 2 heterocycles. The number of hydrogen-bond donors (Lipinski definition) is 2. The van der Waals surface area contributed by atoms with Gasteiger partial charge in [0.25, 0.3) is 5.91 Å². The van der Waals surface area contributed by atoms with Gasteiger partial charge in [-0.2, -0.15) is 0 Å². The maximum Gasteiger partial charge on any atom is 0.251 e. The molecule has 1 amide bonds. The van der Waals surface area contributed by atoms with Gasteiger partial charge in [-0.05, 0) is 31.2 Å². The Labute approximate surface area is 120 Å². The standard InChI is InChI=1S/C12H13N3O3S2/c1-8(10-2-3-11(19-10)20(13,17)18)15-12(16)9-4-6-14-7-5-9/h2-8H,1H3,(H,15,16)(H2,13,17,18). The van der Waals surface area contributed by atoms with Crippen LogP contribution in [0.1, 0.15) is 28.2 Å². The minimum Gasteiger partial charge on any atom is -0.345 e. The minimum absolute atomic E-state index is 0.0810. The lowest BCUT2D eigenvalue weighted by Crippen LogP contribution is -2.26. The van der Waals surface area contributed by atoms with Crippen LogP contribution in [0.4, 0.5) is 0 Å². The van der Waals surface area contributed by atoms with E-state index >= 15 is 0 Å². The molecule has 0 aliphatic carbocycles. The number of rotatable bonds is 4. The zero-order valence-electron chi connectivity index (χ0n) is 10.6. The van der Waals surface area contributed by atoms with Crippen molar-refractivity contribution in [2.24, 2.45) is 5.14 Å². The molecule has 0 bridgehead atoms. The van der Waals surface area contributed by atoms with E-state index in [1.807, 2.05) is 0 Å². The summed E-state index contributed by atoms with van der Waals surface area (Å²) in [6.07, 6.45) is 3.06. The molecule has 0 fully saturated rings.